The Kier molecular flexibility index (Phi) is 5.75. The highest BCUT2D eigenvalue weighted by Crippen LogP contribution is 2.45. The van der Waals surface area contributed by atoms with Gasteiger partial charge in [0.25, 0.3) is 0 Å². The minimum absolute atomic E-state index is 0.238. The Balaban J connectivity index is 1.86. The SMILES string of the molecule is C=CC(=O)Oc1ccc(-c2ccc3c(oc4c(C(F)(F)F)c(OC(=O)C=C)ccc43)c2C)cc1. The van der Waals surface area contributed by atoms with Crippen LogP contribution in [0.5, 0.6) is 11.5 Å². The van der Waals surface area contributed by atoms with Gasteiger partial charge in [0.15, 0.2) is 5.58 Å². The first-order chi connectivity index (χ1) is 16.1. The molecular formula is C26H17F3O5. The minimum atomic E-state index is -4.83. The molecule has 4 rings (SSSR count). The second-order valence-corrected chi connectivity index (χ2v) is 7.30. The average molecular weight is 466 g/mol. The normalized spacial score (nSPS) is 11.4. The van der Waals surface area contributed by atoms with Crippen molar-refractivity contribution in [1.29, 1.82) is 0 Å². The van der Waals surface area contributed by atoms with Crippen LogP contribution < -0.4 is 9.47 Å². The van der Waals surface area contributed by atoms with E-state index >= 15 is 0 Å². The van der Waals surface area contributed by atoms with Crippen molar-refractivity contribution in [2.24, 2.45) is 0 Å². The number of ether oxygens (including phenoxy) is 2. The van der Waals surface area contributed by atoms with Gasteiger partial charge >= 0.3 is 18.1 Å². The first-order valence-electron chi connectivity index (χ1n) is 9.99. The number of hydrogen-bond donors (Lipinski definition) is 0. The fourth-order valence-corrected chi connectivity index (χ4v) is 3.70. The number of fused-ring (bicyclic) bond motifs is 3. The van der Waals surface area contributed by atoms with Crippen molar-refractivity contribution >= 4 is 33.9 Å². The van der Waals surface area contributed by atoms with E-state index < -0.39 is 35.0 Å². The number of aryl methyl sites for hydroxylation is 1. The van der Waals surface area contributed by atoms with Crippen molar-refractivity contribution in [2.45, 2.75) is 13.1 Å². The Morgan fingerprint density at radius 3 is 2.06 bits per heavy atom. The van der Waals surface area contributed by atoms with Gasteiger partial charge in [-0.3, -0.25) is 0 Å². The molecule has 1 aromatic heterocycles. The maximum atomic E-state index is 13.9. The molecule has 1 heterocycles. The molecular weight excluding hydrogens is 449 g/mol. The fraction of sp³-hybridized carbons (Fsp3) is 0.0769. The number of benzene rings is 3. The molecule has 8 heteroatoms. The van der Waals surface area contributed by atoms with Gasteiger partial charge < -0.3 is 13.9 Å². The molecule has 0 spiro atoms. The third-order valence-electron chi connectivity index (χ3n) is 5.23. The molecule has 0 unspecified atom stereocenters. The molecule has 5 nitrogen and oxygen atoms in total. The standard InChI is InChI=1S/C26H17F3O5/c1-4-21(30)32-16-8-6-15(7-9-16)17-10-11-18-19-12-13-20(33-22(31)5-2)23(26(27,28)29)25(19)34-24(18)14(17)3/h4-13H,1-2H2,3H3. The molecule has 0 amide bonds. The van der Waals surface area contributed by atoms with E-state index in [2.05, 4.69) is 13.2 Å². The van der Waals surface area contributed by atoms with E-state index in [-0.39, 0.29) is 11.0 Å². The Hall–Kier alpha value is -4.33. The van der Waals surface area contributed by atoms with Gasteiger partial charge in [0.1, 0.15) is 22.6 Å². The van der Waals surface area contributed by atoms with E-state index in [0.717, 1.165) is 29.3 Å². The first kappa shape index (κ1) is 22.8. The van der Waals surface area contributed by atoms with Crippen molar-refractivity contribution in [2.75, 3.05) is 0 Å². The maximum Gasteiger partial charge on any atom is 0.423 e. The minimum Gasteiger partial charge on any atom is -0.455 e. The van der Waals surface area contributed by atoms with Crippen LogP contribution in [-0.4, -0.2) is 11.9 Å². The molecule has 0 radical (unpaired) electrons. The average Bonchev–Trinajstić information content (AvgIpc) is 3.18. The highest BCUT2D eigenvalue weighted by Gasteiger charge is 2.39. The predicted octanol–water partition coefficient (Wildman–Crippen LogP) is 6.76. The zero-order valence-corrected chi connectivity index (χ0v) is 17.9. The Labute approximate surface area is 191 Å². The van der Waals surface area contributed by atoms with Gasteiger partial charge in [-0.25, -0.2) is 9.59 Å². The van der Waals surface area contributed by atoms with Gasteiger partial charge in [0, 0.05) is 28.5 Å². The van der Waals surface area contributed by atoms with E-state index in [4.69, 9.17) is 13.9 Å². The van der Waals surface area contributed by atoms with Crippen LogP contribution in [0.3, 0.4) is 0 Å². The zero-order chi connectivity index (χ0) is 24.6. The maximum absolute atomic E-state index is 13.9. The number of halogens is 3. The van der Waals surface area contributed by atoms with Gasteiger partial charge in [-0.15, -0.1) is 0 Å². The second kappa shape index (κ2) is 8.55. The highest BCUT2D eigenvalue weighted by atomic mass is 19.4. The summed E-state index contributed by atoms with van der Waals surface area (Å²) in [5.74, 6) is -1.94. The Morgan fingerprint density at radius 2 is 1.44 bits per heavy atom. The van der Waals surface area contributed by atoms with Crippen LogP contribution in [0.25, 0.3) is 33.1 Å². The number of esters is 2. The van der Waals surface area contributed by atoms with Gasteiger partial charge in [-0.1, -0.05) is 31.4 Å². The van der Waals surface area contributed by atoms with Gasteiger partial charge in [0.05, 0.1) is 0 Å². The van der Waals surface area contributed by atoms with Crippen LogP contribution in [0.4, 0.5) is 13.2 Å². The van der Waals surface area contributed by atoms with Crippen molar-refractivity contribution < 1.29 is 36.7 Å². The molecule has 0 N–H and O–H groups in total. The van der Waals surface area contributed by atoms with Crippen LogP contribution in [0.2, 0.25) is 0 Å². The highest BCUT2D eigenvalue weighted by molar-refractivity contribution is 6.09. The molecule has 0 aliphatic rings. The van der Waals surface area contributed by atoms with Crippen LogP contribution in [-0.2, 0) is 15.8 Å². The number of carbonyl (C=O) groups is 2. The smallest absolute Gasteiger partial charge is 0.423 e. The number of alkyl halides is 3. The number of rotatable bonds is 5. The molecule has 0 bridgehead atoms. The molecule has 3 aromatic carbocycles. The molecule has 0 fully saturated rings. The summed E-state index contributed by atoms with van der Waals surface area (Å²) in [5, 5.41) is 0.724. The number of hydrogen-bond acceptors (Lipinski definition) is 5. The summed E-state index contributed by atoms with van der Waals surface area (Å²) in [7, 11) is 0. The molecule has 172 valence electrons. The molecule has 34 heavy (non-hydrogen) atoms. The third kappa shape index (κ3) is 4.05. The summed E-state index contributed by atoms with van der Waals surface area (Å²) in [6, 6.07) is 12.6. The zero-order valence-electron chi connectivity index (χ0n) is 17.9. The Morgan fingerprint density at radius 1 is 0.853 bits per heavy atom. The summed E-state index contributed by atoms with van der Waals surface area (Å²) >= 11 is 0. The lowest BCUT2D eigenvalue weighted by Crippen LogP contribution is -2.12. The van der Waals surface area contributed by atoms with Crippen molar-refractivity contribution in [3.05, 3.63) is 85.0 Å². The van der Waals surface area contributed by atoms with Gasteiger partial charge in [-0.05, 0) is 48.4 Å². The fourth-order valence-electron chi connectivity index (χ4n) is 3.70. The third-order valence-corrected chi connectivity index (χ3v) is 5.23. The van der Waals surface area contributed by atoms with E-state index in [1.807, 2.05) is 0 Å². The topological polar surface area (TPSA) is 65.7 Å². The van der Waals surface area contributed by atoms with Crippen LogP contribution in [0, 0.1) is 6.92 Å². The van der Waals surface area contributed by atoms with Crippen LogP contribution in [0.15, 0.2) is 78.3 Å². The molecule has 0 atom stereocenters. The quantitative estimate of drug-likeness (QED) is 0.185. The lowest BCUT2D eigenvalue weighted by Gasteiger charge is -2.12. The summed E-state index contributed by atoms with van der Waals surface area (Å²) in [6.07, 6.45) is -3.00. The van der Waals surface area contributed by atoms with Crippen LogP contribution in [0.1, 0.15) is 11.1 Å². The lowest BCUT2D eigenvalue weighted by molar-refractivity contribution is -0.140. The van der Waals surface area contributed by atoms with E-state index in [1.54, 1.807) is 43.3 Å². The van der Waals surface area contributed by atoms with E-state index in [9.17, 15) is 22.8 Å². The summed E-state index contributed by atoms with van der Waals surface area (Å²) in [6.45, 7) is 8.29. The first-order valence-corrected chi connectivity index (χ1v) is 9.99. The monoisotopic (exact) mass is 466 g/mol. The largest absolute Gasteiger partial charge is 0.455 e. The van der Waals surface area contributed by atoms with Crippen LogP contribution >= 0.6 is 0 Å². The molecule has 0 aliphatic carbocycles. The lowest BCUT2D eigenvalue weighted by atomic mass is 9.97. The second-order valence-electron chi connectivity index (χ2n) is 7.30. The number of carbonyl (C=O) groups excluding carboxylic acids is 2. The molecule has 0 aliphatic heterocycles. The van der Waals surface area contributed by atoms with Crippen molar-refractivity contribution in [1.82, 2.24) is 0 Å². The van der Waals surface area contributed by atoms with Crippen molar-refractivity contribution in [3.63, 3.8) is 0 Å². The van der Waals surface area contributed by atoms with Crippen molar-refractivity contribution in [3.8, 4) is 22.6 Å². The van der Waals surface area contributed by atoms with Gasteiger partial charge in [-0.2, -0.15) is 13.2 Å². The molecule has 0 saturated heterocycles. The summed E-state index contributed by atoms with van der Waals surface area (Å²) in [4.78, 5) is 22.9. The predicted molar refractivity (Wildman–Crippen MR) is 121 cm³/mol. The molecule has 4 aromatic rings. The Bertz CT molecular complexity index is 1460. The van der Waals surface area contributed by atoms with E-state index in [0.29, 0.717) is 16.7 Å². The number of furan rings is 1. The summed E-state index contributed by atoms with van der Waals surface area (Å²) < 4.78 is 57.4. The summed E-state index contributed by atoms with van der Waals surface area (Å²) in [5.41, 5.74) is 0.749. The van der Waals surface area contributed by atoms with E-state index in [1.165, 1.54) is 6.07 Å². The van der Waals surface area contributed by atoms with Gasteiger partial charge in [0.2, 0.25) is 0 Å². The molecule has 0 saturated carbocycles.